The standard InChI is InChI=1S/C15H19NO5/c1-3-19-15(18)10(2)16-14(17)7-5-11-4-6-12-13(8-11)21-9-20-12/h4,6,8,10H,3,5,7,9H2,1-2H3,(H,16,17). The van der Waals surface area contributed by atoms with E-state index >= 15 is 0 Å². The molecule has 1 aliphatic rings. The maximum atomic E-state index is 11.8. The second-order valence-corrected chi connectivity index (χ2v) is 4.73. The Morgan fingerprint density at radius 2 is 2.10 bits per heavy atom. The molecule has 1 N–H and O–H groups in total. The summed E-state index contributed by atoms with van der Waals surface area (Å²) < 4.78 is 15.3. The first-order chi connectivity index (χ1) is 10.1. The summed E-state index contributed by atoms with van der Waals surface area (Å²) in [7, 11) is 0. The van der Waals surface area contributed by atoms with Crippen LogP contribution in [0.3, 0.4) is 0 Å². The first kappa shape index (κ1) is 15.2. The smallest absolute Gasteiger partial charge is 0.328 e. The molecule has 6 nitrogen and oxygen atoms in total. The summed E-state index contributed by atoms with van der Waals surface area (Å²) in [5, 5.41) is 2.62. The van der Waals surface area contributed by atoms with Gasteiger partial charge in [0.1, 0.15) is 6.04 Å². The van der Waals surface area contributed by atoms with Crippen LogP contribution in [-0.2, 0) is 20.7 Å². The Morgan fingerprint density at radius 1 is 1.33 bits per heavy atom. The lowest BCUT2D eigenvalue weighted by Gasteiger charge is -2.12. The van der Waals surface area contributed by atoms with E-state index in [0.717, 1.165) is 11.3 Å². The number of benzene rings is 1. The molecular weight excluding hydrogens is 274 g/mol. The zero-order valence-corrected chi connectivity index (χ0v) is 12.2. The van der Waals surface area contributed by atoms with Gasteiger partial charge in [0.2, 0.25) is 12.7 Å². The molecule has 1 unspecified atom stereocenters. The van der Waals surface area contributed by atoms with Gasteiger partial charge in [-0.05, 0) is 38.0 Å². The zero-order chi connectivity index (χ0) is 15.2. The Morgan fingerprint density at radius 3 is 2.86 bits per heavy atom. The molecule has 0 radical (unpaired) electrons. The lowest BCUT2D eigenvalue weighted by atomic mass is 10.1. The van der Waals surface area contributed by atoms with Gasteiger partial charge in [0, 0.05) is 6.42 Å². The van der Waals surface area contributed by atoms with Crippen LogP contribution in [0.2, 0.25) is 0 Å². The molecule has 0 fully saturated rings. The van der Waals surface area contributed by atoms with Gasteiger partial charge in [0.25, 0.3) is 0 Å². The number of amides is 1. The fourth-order valence-electron chi connectivity index (χ4n) is 1.99. The quantitative estimate of drug-likeness (QED) is 0.803. The van der Waals surface area contributed by atoms with Crippen molar-refractivity contribution in [2.24, 2.45) is 0 Å². The summed E-state index contributed by atoms with van der Waals surface area (Å²) >= 11 is 0. The number of hydrogen-bond donors (Lipinski definition) is 1. The fraction of sp³-hybridized carbons (Fsp3) is 0.467. The predicted molar refractivity (Wildman–Crippen MR) is 75.1 cm³/mol. The van der Waals surface area contributed by atoms with Crippen molar-refractivity contribution in [1.82, 2.24) is 5.32 Å². The monoisotopic (exact) mass is 293 g/mol. The van der Waals surface area contributed by atoms with Gasteiger partial charge >= 0.3 is 5.97 Å². The van der Waals surface area contributed by atoms with Crippen molar-refractivity contribution in [3.63, 3.8) is 0 Å². The number of rotatable bonds is 6. The minimum atomic E-state index is -0.630. The van der Waals surface area contributed by atoms with E-state index in [1.54, 1.807) is 13.8 Å². The van der Waals surface area contributed by atoms with Crippen LogP contribution in [0.25, 0.3) is 0 Å². The maximum absolute atomic E-state index is 11.8. The number of nitrogens with one attached hydrogen (secondary N) is 1. The van der Waals surface area contributed by atoms with Crippen molar-refractivity contribution < 1.29 is 23.8 Å². The number of hydrogen-bond acceptors (Lipinski definition) is 5. The van der Waals surface area contributed by atoms with Gasteiger partial charge in [-0.2, -0.15) is 0 Å². The van der Waals surface area contributed by atoms with Gasteiger partial charge in [0.05, 0.1) is 6.61 Å². The molecule has 1 aromatic rings. The topological polar surface area (TPSA) is 73.9 Å². The van der Waals surface area contributed by atoms with E-state index in [0.29, 0.717) is 25.2 Å². The summed E-state index contributed by atoms with van der Waals surface area (Å²) in [5.41, 5.74) is 0.984. The molecule has 21 heavy (non-hydrogen) atoms. The third-order valence-corrected chi connectivity index (χ3v) is 3.10. The summed E-state index contributed by atoms with van der Waals surface area (Å²) in [5.74, 6) is 0.814. The summed E-state index contributed by atoms with van der Waals surface area (Å²) in [4.78, 5) is 23.2. The lowest BCUT2D eigenvalue weighted by molar-refractivity contribution is -0.146. The van der Waals surface area contributed by atoms with Gasteiger partial charge in [-0.15, -0.1) is 0 Å². The van der Waals surface area contributed by atoms with Gasteiger partial charge in [-0.1, -0.05) is 6.07 Å². The van der Waals surface area contributed by atoms with Crippen LogP contribution in [0.1, 0.15) is 25.8 Å². The molecule has 2 rings (SSSR count). The van der Waals surface area contributed by atoms with Gasteiger partial charge < -0.3 is 19.5 Å². The Hall–Kier alpha value is -2.24. The van der Waals surface area contributed by atoms with Crippen molar-refractivity contribution in [2.75, 3.05) is 13.4 Å². The molecular formula is C15H19NO5. The first-order valence-electron chi connectivity index (χ1n) is 6.94. The fourth-order valence-corrected chi connectivity index (χ4v) is 1.99. The van der Waals surface area contributed by atoms with E-state index in [4.69, 9.17) is 14.2 Å². The Bertz CT molecular complexity index is 529. The van der Waals surface area contributed by atoms with Gasteiger partial charge in [0.15, 0.2) is 11.5 Å². The SMILES string of the molecule is CCOC(=O)C(C)NC(=O)CCc1ccc2c(c1)OCO2. The zero-order valence-electron chi connectivity index (χ0n) is 12.2. The van der Waals surface area contributed by atoms with Crippen molar-refractivity contribution in [2.45, 2.75) is 32.7 Å². The average Bonchev–Trinajstić information content (AvgIpc) is 2.92. The van der Waals surface area contributed by atoms with Crippen LogP contribution >= 0.6 is 0 Å². The molecule has 1 aliphatic heterocycles. The second-order valence-electron chi connectivity index (χ2n) is 4.73. The minimum Gasteiger partial charge on any atom is -0.464 e. The molecule has 1 aromatic carbocycles. The lowest BCUT2D eigenvalue weighted by Crippen LogP contribution is -2.39. The molecule has 0 saturated carbocycles. The highest BCUT2D eigenvalue weighted by Crippen LogP contribution is 2.32. The van der Waals surface area contributed by atoms with Crippen LogP contribution in [0.15, 0.2) is 18.2 Å². The Labute approximate surface area is 123 Å². The first-order valence-corrected chi connectivity index (χ1v) is 6.94. The third kappa shape index (κ3) is 4.11. The molecule has 0 aromatic heterocycles. The van der Waals surface area contributed by atoms with Crippen molar-refractivity contribution in [1.29, 1.82) is 0 Å². The number of carbonyl (C=O) groups is 2. The summed E-state index contributed by atoms with van der Waals surface area (Å²) in [6.07, 6.45) is 0.863. The van der Waals surface area contributed by atoms with E-state index < -0.39 is 12.0 Å². The molecule has 0 aliphatic carbocycles. The number of ether oxygens (including phenoxy) is 3. The van der Waals surface area contributed by atoms with E-state index in [9.17, 15) is 9.59 Å². The largest absolute Gasteiger partial charge is 0.464 e. The second kappa shape index (κ2) is 6.97. The molecule has 114 valence electrons. The molecule has 0 bridgehead atoms. The summed E-state index contributed by atoms with van der Waals surface area (Å²) in [6, 6.07) is 4.96. The number of carbonyl (C=O) groups excluding carboxylic acids is 2. The van der Waals surface area contributed by atoms with E-state index in [2.05, 4.69) is 5.32 Å². The van der Waals surface area contributed by atoms with E-state index in [-0.39, 0.29) is 12.7 Å². The Kier molecular flexibility index (Phi) is 5.03. The molecule has 6 heteroatoms. The van der Waals surface area contributed by atoms with Crippen LogP contribution in [0, 0.1) is 0 Å². The van der Waals surface area contributed by atoms with E-state index in [1.807, 2.05) is 18.2 Å². The highest BCUT2D eigenvalue weighted by Gasteiger charge is 2.17. The van der Waals surface area contributed by atoms with Crippen molar-refractivity contribution >= 4 is 11.9 Å². The maximum Gasteiger partial charge on any atom is 0.328 e. The van der Waals surface area contributed by atoms with Crippen molar-refractivity contribution in [3.05, 3.63) is 23.8 Å². The third-order valence-electron chi connectivity index (χ3n) is 3.10. The highest BCUT2D eigenvalue weighted by atomic mass is 16.7. The number of aryl methyl sites for hydroxylation is 1. The van der Waals surface area contributed by atoms with Gasteiger partial charge in [-0.3, -0.25) is 4.79 Å². The predicted octanol–water partition coefficient (Wildman–Crippen LogP) is 1.42. The average molecular weight is 293 g/mol. The normalized spacial score (nSPS) is 13.6. The van der Waals surface area contributed by atoms with Crippen molar-refractivity contribution in [3.8, 4) is 11.5 Å². The number of fused-ring (bicyclic) bond motifs is 1. The van der Waals surface area contributed by atoms with Crippen LogP contribution < -0.4 is 14.8 Å². The molecule has 0 spiro atoms. The van der Waals surface area contributed by atoms with Crippen LogP contribution in [-0.4, -0.2) is 31.3 Å². The van der Waals surface area contributed by atoms with Gasteiger partial charge in [-0.25, -0.2) is 4.79 Å². The molecule has 1 amide bonds. The van der Waals surface area contributed by atoms with E-state index in [1.165, 1.54) is 0 Å². The molecule has 1 atom stereocenters. The summed E-state index contributed by atoms with van der Waals surface area (Å²) in [6.45, 7) is 3.87. The molecule has 1 heterocycles. The van der Waals surface area contributed by atoms with Crippen LogP contribution in [0.4, 0.5) is 0 Å². The molecule has 0 saturated heterocycles. The highest BCUT2D eigenvalue weighted by molar-refractivity contribution is 5.84. The minimum absolute atomic E-state index is 0.187. The number of esters is 1. The Balaban J connectivity index is 1.80. The van der Waals surface area contributed by atoms with Crippen LogP contribution in [0.5, 0.6) is 11.5 Å².